The zero-order chi connectivity index (χ0) is 12.3. The van der Waals surface area contributed by atoms with Gasteiger partial charge >= 0.3 is 0 Å². The molecule has 1 aliphatic carbocycles. The monoisotopic (exact) mass is 231 g/mol. The molecule has 0 spiro atoms. The average Bonchev–Trinajstić information content (AvgIpc) is 2.28. The van der Waals surface area contributed by atoms with Gasteiger partial charge < -0.3 is 5.32 Å². The Hall–Kier alpha value is -0.820. The number of nitrogens with one attached hydrogen (secondary N) is 1. The molecule has 0 fully saturated rings. The van der Waals surface area contributed by atoms with Crippen molar-refractivity contribution in [1.82, 2.24) is 5.32 Å². The van der Waals surface area contributed by atoms with Gasteiger partial charge in [-0.25, -0.2) is 0 Å². The molecule has 0 aromatic heterocycles. The molecule has 0 heterocycles. The van der Waals surface area contributed by atoms with Gasteiger partial charge in [0.25, 0.3) is 0 Å². The van der Waals surface area contributed by atoms with Gasteiger partial charge in [-0.05, 0) is 55.7 Å². The highest BCUT2D eigenvalue weighted by Gasteiger charge is 2.14. The van der Waals surface area contributed by atoms with E-state index in [1.807, 2.05) is 0 Å². The molecule has 1 nitrogen and oxygen atoms in total. The maximum atomic E-state index is 3.60. The molecule has 0 saturated carbocycles. The molecule has 17 heavy (non-hydrogen) atoms. The third-order valence-corrected chi connectivity index (χ3v) is 3.64. The van der Waals surface area contributed by atoms with Crippen LogP contribution in [0.4, 0.5) is 0 Å². The molecule has 1 atom stereocenters. The molecule has 0 bridgehead atoms. The predicted molar refractivity (Wildman–Crippen MR) is 74.5 cm³/mol. The van der Waals surface area contributed by atoms with E-state index in [0.717, 1.165) is 0 Å². The van der Waals surface area contributed by atoms with Crippen LogP contribution >= 0.6 is 0 Å². The molecular weight excluding hydrogens is 206 g/mol. The highest BCUT2D eigenvalue weighted by atomic mass is 14.9. The van der Waals surface area contributed by atoms with E-state index in [9.17, 15) is 0 Å². The molecule has 1 heteroatoms. The number of aryl methyl sites for hydroxylation is 1. The zero-order valence-electron chi connectivity index (χ0n) is 11.4. The summed E-state index contributed by atoms with van der Waals surface area (Å²) in [5, 5.41) is 3.60. The van der Waals surface area contributed by atoms with E-state index < -0.39 is 0 Å². The molecule has 94 valence electrons. The van der Waals surface area contributed by atoms with E-state index in [0.29, 0.717) is 12.1 Å². The van der Waals surface area contributed by atoms with Gasteiger partial charge in [0.1, 0.15) is 0 Å². The number of fused-ring (bicyclic) bond motifs is 1. The minimum Gasteiger partial charge on any atom is -0.312 e. The van der Waals surface area contributed by atoms with Crippen LogP contribution in [0.5, 0.6) is 0 Å². The van der Waals surface area contributed by atoms with Crippen LogP contribution in [0.1, 0.15) is 50.3 Å². The van der Waals surface area contributed by atoms with Crippen molar-refractivity contribution in [2.75, 3.05) is 0 Å². The summed E-state index contributed by atoms with van der Waals surface area (Å²) in [6.07, 6.45) is 6.49. The molecule has 1 aromatic rings. The summed E-state index contributed by atoms with van der Waals surface area (Å²) in [4.78, 5) is 0. The molecule has 0 saturated heterocycles. The Balaban J connectivity index is 2.10. The second-order valence-electron chi connectivity index (χ2n) is 5.69. The molecule has 0 amide bonds. The quantitative estimate of drug-likeness (QED) is 0.836. The second-order valence-corrected chi connectivity index (χ2v) is 5.69. The first-order valence-corrected chi connectivity index (χ1v) is 7.02. The van der Waals surface area contributed by atoms with Crippen LogP contribution in [0.15, 0.2) is 18.2 Å². The van der Waals surface area contributed by atoms with Gasteiger partial charge in [-0.1, -0.05) is 32.0 Å². The van der Waals surface area contributed by atoms with Gasteiger partial charge in [-0.2, -0.15) is 0 Å². The van der Waals surface area contributed by atoms with Gasteiger partial charge in [0.05, 0.1) is 0 Å². The molecule has 1 aromatic carbocycles. The highest BCUT2D eigenvalue weighted by molar-refractivity contribution is 5.37. The lowest BCUT2D eigenvalue weighted by molar-refractivity contribution is 0.485. The third-order valence-electron chi connectivity index (χ3n) is 3.64. The maximum absolute atomic E-state index is 3.60. The fraction of sp³-hybridized carbons (Fsp3) is 0.625. The van der Waals surface area contributed by atoms with Crippen LogP contribution in [-0.2, 0) is 19.3 Å². The van der Waals surface area contributed by atoms with Crippen molar-refractivity contribution in [2.45, 2.75) is 65.0 Å². The van der Waals surface area contributed by atoms with Crippen LogP contribution in [-0.4, -0.2) is 12.1 Å². The molecule has 1 N–H and O–H groups in total. The van der Waals surface area contributed by atoms with Crippen molar-refractivity contribution in [1.29, 1.82) is 0 Å². The van der Waals surface area contributed by atoms with E-state index in [1.165, 1.54) is 32.1 Å². The fourth-order valence-corrected chi connectivity index (χ4v) is 3.01. The zero-order valence-corrected chi connectivity index (χ0v) is 11.4. The Kier molecular flexibility index (Phi) is 4.22. The Labute approximate surface area is 106 Å². The Bertz CT molecular complexity index is 368. The van der Waals surface area contributed by atoms with Gasteiger partial charge in [-0.15, -0.1) is 0 Å². The van der Waals surface area contributed by atoms with Crippen LogP contribution in [0, 0.1) is 0 Å². The number of hydrogen-bond donors (Lipinski definition) is 1. The van der Waals surface area contributed by atoms with E-state index in [-0.39, 0.29) is 0 Å². The largest absolute Gasteiger partial charge is 0.312 e. The summed E-state index contributed by atoms with van der Waals surface area (Å²) < 4.78 is 0. The van der Waals surface area contributed by atoms with E-state index in [4.69, 9.17) is 0 Å². The Morgan fingerprint density at radius 1 is 1.12 bits per heavy atom. The Morgan fingerprint density at radius 2 is 1.88 bits per heavy atom. The van der Waals surface area contributed by atoms with Crippen LogP contribution in [0.25, 0.3) is 0 Å². The van der Waals surface area contributed by atoms with Crippen LogP contribution < -0.4 is 5.32 Å². The predicted octanol–water partition coefficient (Wildman–Crippen LogP) is 3.49. The first kappa shape index (κ1) is 12.6. The lowest BCUT2D eigenvalue weighted by atomic mass is 9.86. The number of benzene rings is 1. The minimum absolute atomic E-state index is 0.573. The first-order chi connectivity index (χ1) is 8.16. The van der Waals surface area contributed by atoms with Crippen molar-refractivity contribution in [3.63, 3.8) is 0 Å². The molecule has 0 aliphatic heterocycles. The first-order valence-electron chi connectivity index (χ1n) is 7.02. The van der Waals surface area contributed by atoms with Crippen molar-refractivity contribution < 1.29 is 0 Å². The highest BCUT2D eigenvalue weighted by Crippen LogP contribution is 2.25. The lowest BCUT2D eigenvalue weighted by Gasteiger charge is -2.22. The van der Waals surface area contributed by atoms with Gasteiger partial charge in [0, 0.05) is 12.1 Å². The summed E-state index contributed by atoms with van der Waals surface area (Å²) in [6.45, 7) is 6.73. The molecule has 1 aliphatic rings. The van der Waals surface area contributed by atoms with Crippen molar-refractivity contribution in [2.24, 2.45) is 0 Å². The average molecular weight is 231 g/mol. The van der Waals surface area contributed by atoms with E-state index in [2.05, 4.69) is 44.3 Å². The number of hydrogen-bond acceptors (Lipinski definition) is 1. The Morgan fingerprint density at radius 3 is 2.65 bits per heavy atom. The van der Waals surface area contributed by atoms with Crippen molar-refractivity contribution in [3.05, 3.63) is 34.9 Å². The van der Waals surface area contributed by atoms with Crippen molar-refractivity contribution >= 4 is 0 Å². The summed E-state index contributed by atoms with van der Waals surface area (Å²) in [7, 11) is 0. The standard InChI is InChI=1S/C16H25N/c1-12(2)17-13(3)11-15-9-6-8-14-7-4-5-10-16(14)15/h6,8-9,12-13,17H,4-5,7,10-11H2,1-3H3/t13-/m1/s1. The summed E-state index contributed by atoms with van der Waals surface area (Å²) in [5.74, 6) is 0. The second kappa shape index (κ2) is 5.68. The van der Waals surface area contributed by atoms with Crippen molar-refractivity contribution in [3.8, 4) is 0 Å². The SMILES string of the molecule is CC(C)N[C@H](C)Cc1cccc2c1CCCC2. The topological polar surface area (TPSA) is 12.0 Å². The lowest BCUT2D eigenvalue weighted by Crippen LogP contribution is -2.34. The third kappa shape index (κ3) is 3.32. The summed E-state index contributed by atoms with van der Waals surface area (Å²) in [6, 6.07) is 8.02. The summed E-state index contributed by atoms with van der Waals surface area (Å²) >= 11 is 0. The molecule has 0 radical (unpaired) electrons. The minimum atomic E-state index is 0.573. The van der Waals surface area contributed by atoms with E-state index in [1.54, 1.807) is 16.7 Å². The maximum Gasteiger partial charge on any atom is 0.00816 e. The molecule has 0 unspecified atom stereocenters. The molecule has 2 rings (SSSR count). The van der Waals surface area contributed by atoms with Gasteiger partial charge in [0.2, 0.25) is 0 Å². The normalized spacial score (nSPS) is 16.9. The van der Waals surface area contributed by atoms with E-state index >= 15 is 0 Å². The fourth-order valence-electron chi connectivity index (χ4n) is 3.01. The van der Waals surface area contributed by atoms with Gasteiger partial charge in [0.15, 0.2) is 0 Å². The molecular formula is C16H25N. The van der Waals surface area contributed by atoms with Gasteiger partial charge in [-0.3, -0.25) is 0 Å². The smallest absolute Gasteiger partial charge is 0.00816 e. The van der Waals surface area contributed by atoms with Crippen LogP contribution in [0.2, 0.25) is 0 Å². The summed E-state index contributed by atoms with van der Waals surface area (Å²) in [5.41, 5.74) is 4.82. The van der Waals surface area contributed by atoms with Crippen LogP contribution in [0.3, 0.4) is 0 Å². The number of rotatable bonds is 4.